The number of hydrogen-bond donors (Lipinski definition) is 2. The van der Waals surface area contributed by atoms with Crippen molar-refractivity contribution >= 4 is 29.1 Å². The van der Waals surface area contributed by atoms with Crippen LogP contribution in [0.3, 0.4) is 0 Å². The molecule has 5 nitrogen and oxygen atoms in total. The molecule has 2 aromatic rings. The van der Waals surface area contributed by atoms with Crippen LogP contribution in [-0.2, 0) is 4.79 Å². The van der Waals surface area contributed by atoms with Crippen molar-refractivity contribution in [3.05, 3.63) is 53.8 Å². The fraction of sp³-hybridized carbons (Fsp3) is 0.222. The van der Waals surface area contributed by atoms with Crippen LogP contribution in [0.1, 0.15) is 12.0 Å². The maximum absolute atomic E-state index is 13.5. The predicted octanol–water partition coefficient (Wildman–Crippen LogP) is 3.26. The summed E-state index contributed by atoms with van der Waals surface area (Å²) in [5, 5.41) is 7.20. The summed E-state index contributed by atoms with van der Waals surface area (Å²) in [6.45, 7) is 0.0575. The Morgan fingerprint density at radius 2 is 2.16 bits per heavy atom. The van der Waals surface area contributed by atoms with Gasteiger partial charge in [0.2, 0.25) is 0 Å². The molecule has 25 heavy (non-hydrogen) atoms. The Morgan fingerprint density at radius 1 is 1.32 bits per heavy atom. The molecular weight excluding hydrogens is 341 g/mol. The van der Waals surface area contributed by atoms with E-state index in [9.17, 15) is 9.18 Å². The van der Waals surface area contributed by atoms with E-state index >= 15 is 0 Å². The van der Waals surface area contributed by atoms with Gasteiger partial charge in [0.1, 0.15) is 11.6 Å². The Balaban J connectivity index is 1.63. The predicted molar refractivity (Wildman–Crippen MR) is 97.9 cm³/mol. The van der Waals surface area contributed by atoms with Gasteiger partial charge in [-0.2, -0.15) is 5.10 Å². The lowest BCUT2D eigenvalue weighted by Crippen LogP contribution is -2.27. The van der Waals surface area contributed by atoms with Gasteiger partial charge in [-0.05, 0) is 30.3 Å². The van der Waals surface area contributed by atoms with Crippen molar-refractivity contribution in [1.29, 1.82) is 0 Å². The monoisotopic (exact) mass is 359 g/mol. The summed E-state index contributed by atoms with van der Waals surface area (Å²) >= 11 is 1.66. The number of carbonyl (C=O) groups excluding carboxylic acids is 1. The first-order chi connectivity index (χ1) is 12.2. The van der Waals surface area contributed by atoms with Gasteiger partial charge in [-0.15, -0.1) is 11.8 Å². The summed E-state index contributed by atoms with van der Waals surface area (Å²) in [6.07, 6.45) is 0.682. The minimum atomic E-state index is -0.307. The Morgan fingerprint density at radius 3 is 3.00 bits per heavy atom. The molecule has 7 heteroatoms. The molecule has 1 heterocycles. The number of hydrogen-bond acceptors (Lipinski definition) is 5. The summed E-state index contributed by atoms with van der Waals surface area (Å²) in [7, 11) is 1.57. The van der Waals surface area contributed by atoms with Gasteiger partial charge in [0.25, 0.3) is 5.91 Å². The number of anilines is 1. The minimum absolute atomic E-state index is 0.0575. The molecule has 130 valence electrons. The van der Waals surface area contributed by atoms with Gasteiger partial charge in [0.15, 0.2) is 0 Å². The number of hydrazone groups is 1. The van der Waals surface area contributed by atoms with Crippen LogP contribution < -0.4 is 15.5 Å². The lowest BCUT2D eigenvalue weighted by molar-refractivity contribution is -0.119. The normalized spacial score (nSPS) is 14.7. The number of ether oxygens (including phenoxy) is 1. The highest BCUT2D eigenvalue weighted by atomic mass is 32.2. The molecule has 2 N–H and O–H groups in total. The number of methoxy groups -OCH3 is 1. The highest BCUT2D eigenvalue weighted by Gasteiger charge is 2.17. The van der Waals surface area contributed by atoms with E-state index < -0.39 is 0 Å². The van der Waals surface area contributed by atoms with Gasteiger partial charge in [-0.25, -0.2) is 9.82 Å². The third-order valence-corrected chi connectivity index (χ3v) is 4.79. The molecule has 0 aliphatic carbocycles. The molecule has 2 aromatic carbocycles. The summed E-state index contributed by atoms with van der Waals surface area (Å²) in [6, 6.07) is 12.0. The maximum Gasteiger partial charge on any atom is 0.259 e. The zero-order valence-electron chi connectivity index (χ0n) is 13.7. The largest absolute Gasteiger partial charge is 0.495 e. The van der Waals surface area contributed by atoms with Crippen LogP contribution in [0.25, 0.3) is 0 Å². The average molecular weight is 359 g/mol. The van der Waals surface area contributed by atoms with Gasteiger partial charge in [-0.1, -0.05) is 12.1 Å². The summed E-state index contributed by atoms with van der Waals surface area (Å²) < 4.78 is 18.7. The number of nitrogens with zero attached hydrogens (tertiary/aromatic N) is 1. The minimum Gasteiger partial charge on any atom is -0.495 e. The van der Waals surface area contributed by atoms with Crippen molar-refractivity contribution in [3.8, 4) is 5.75 Å². The summed E-state index contributed by atoms with van der Waals surface area (Å²) in [4.78, 5) is 13.0. The molecule has 0 fully saturated rings. The van der Waals surface area contributed by atoms with Crippen molar-refractivity contribution in [2.45, 2.75) is 11.3 Å². The van der Waals surface area contributed by atoms with Crippen LogP contribution in [0.2, 0.25) is 0 Å². The number of thioether (sulfide) groups is 1. The summed E-state index contributed by atoms with van der Waals surface area (Å²) in [5.74, 6) is 0.926. The molecule has 0 radical (unpaired) electrons. The molecule has 1 aliphatic rings. The van der Waals surface area contributed by atoms with Gasteiger partial charge in [-0.3, -0.25) is 4.79 Å². The number of para-hydroxylation sites is 2. The molecule has 0 bridgehead atoms. The third-order valence-electron chi connectivity index (χ3n) is 3.71. The van der Waals surface area contributed by atoms with E-state index in [1.165, 1.54) is 12.1 Å². The maximum atomic E-state index is 13.5. The fourth-order valence-corrected chi connectivity index (χ4v) is 3.51. The Hall–Kier alpha value is -2.54. The van der Waals surface area contributed by atoms with E-state index in [4.69, 9.17) is 4.74 Å². The average Bonchev–Trinajstić information content (AvgIpc) is 2.64. The Kier molecular flexibility index (Phi) is 5.55. The van der Waals surface area contributed by atoms with Crippen molar-refractivity contribution < 1.29 is 13.9 Å². The molecule has 0 saturated carbocycles. The van der Waals surface area contributed by atoms with Crippen molar-refractivity contribution in [3.63, 3.8) is 0 Å². The third kappa shape index (κ3) is 4.30. The highest BCUT2D eigenvalue weighted by molar-refractivity contribution is 7.99. The lowest BCUT2D eigenvalue weighted by atomic mass is 10.1. The van der Waals surface area contributed by atoms with Crippen LogP contribution >= 0.6 is 11.8 Å². The van der Waals surface area contributed by atoms with Crippen molar-refractivity contribution in [2.24, 2.45) is 5.10 Å². The quantitative estimate of drug-likeness (QED) is 0.805. The first kappa shape index (κ1) is 17.3. The fourth-order valence-electron chi connectivity index (χ4n) is 2.50. The molecule has 0 aromatic heterocycles. The number of halogens is 1. The number of fused-ring (bicyclic) bond motifs is 1. The number of carbonyl (C=O) groups is 1. The topological polar surface area (TPSA) is 62.7 Å². The van der Waals surface area contributed by atoms with Crippen LogP contribution in [0, 0.1) is 5.82 Å². The van der Waals surface area contributed by atoms with E-state index in [0.717, 1.165) is 21.9 Å². The standard InChI is InChI=1S/C18H18FN3O2S/c1-24-16-5-3-2-4-15(16)20-11-18(23)22-21-14-8-9-25-17-7-6-12(19)10-13(14)17/h2-7,10,20H,8-9,11H2,1H3,(H,22,23). The zero-order valence-corrected chi connectivity index (χ0v) is 14.5. The Bertz CT molecular complexity index is 811. The molecular formula is C18H18FN3O2S. The zero-order chi connectivity index (χ0) is 17.6. The van der Waals surface area contributed by atoms with Gasteiger partial charge < -0.3 is 10.1 Å². The second-order valence-electron chi connectivity index (χ2n) is 5.39. The van der Waals surface area contributed by atoms with Crippen LogP contribution in [0.15, 0.2) is 52.5 Å². The number of benzene rings is 2. The van der Waals surface area contributed by atoms with E-state index in [0.29, 0.717) is 17.9 Å². The number of amides is 1. The second kappa shape index (κ2) is 8.02. The van der Waals surface area contributed by atoms with Crippen LogP contribution in [0.5, 0.6) is 5.75 Å². The molecule has 0 atom stereocenters. The molecule has 0 unspecified atom stereocenters. The van der Waals surface area contributed by atoms with Gasteiger partial charge in [0.05, 0.1) is 25.1 Å². The van der Waals surface area contributed by atoms with Gasteiger partial charge >= 0.3 is 0 Å². The first-order valence-corrected chi connectivity index (χ1v) is 8.81. The highest BCUT2D eigenvalue weighted by Crippen LogP contribution is 2.30. The smallest absolute Gasteiger partial charge is 0.259 e. The van der Waals surface area contributed by atoms with Crippen molar-refractivity contribution in [1.82, 2.24) is 5.43 Å². The Labute approximate surface area is 149 Å². The van der Waals surface area contributed by atoms with E-state index in [1.807, 2.05) is 24.3 Å². The summed E-state index contributed by atoms with van der Waals surface area (Å²) in [5.41, 5.74) is 4.70. The first-order valence-electron chi connectivity index (χ1n) is 7.82. The molecule has 0 spiro atoms. The lowest BCUT2D eigenvalue weighted by Gasteiger charge is -2.17. The molecule has 1 aliphatic heterocycles. The van der Waals surface area contributed by atoms with Crippen LogP contribution in [0.4, 0.5) is 10.1 Å². The molecule has 3 rings (SSSR count). The van der Waals surface area contributed by atoms with Gasteiger partial charge in [0, 0.05) is 22.6 Å². The van der Waals surface area contributed by atoms with E-state index in [-0.39, 0.29) is 18.3 Å². The number of nitrogens with one attached hydrogen (secondary N) is 2. The van der Waals surface area contributed by atoms with E-state index in [1.54, 1.807) is 24.9 Å². The van der Waals surface area contributed by atoms with Crippen molar-refractivity contribution in [2.75, 3.05) is 24.7 Å². The molecule has 0 saturated heterocycles. The van der Waals surface area contributed by atoms with Crippen LogP contribution in [-0.4, -0.2) is 31.0 Å². The van der Waals surface area contributed by atoms with E-state index in [2.05, 4.69) is 15.8 Å². The number of rotatable bonds is 5. The SMILES string of the molecule is COc1ccccc1NCC(=O)NN=C1CCSc2ccc(F)cc21. The second-order valence-corrected chi connectivity index (χ2v) is 6.52. The molecule has 1 amide bonds.